The van der Waals surface area contributed by atoms with Gasteiger partial charge in [-0.05, 0) is 24.8 Å². The van der Waals surface area contributed by atoms with Crippen molar-refractivity contribution in [1.82, 2.24) is 19.7 Å². The smallest absolute Gasteiger partial charge is 0.267 e. The molecule has 7 nitrogen and oxygen atoms in total. The number of anilines is 1. The standard InChI is InChI=1S/C15H16ClN5O2/c16-10-5-17-15(18-6-10)19-12-7-23-8-13(12)21-14(22)4-9-2-1-3-11(9)20-21/h4-6,12-13H,1-3,7-8H2,(H,17,18,19). The van der Waals surface area contributed by atoms with Gasteiger partial charge < -0.3 is 10.1 Å². The molecule has 2 unspecified atom stereocenters. The molecular weight excluding hydrogens is 318 g/mol. The normalized spacial score (nSPS) is 23.0. The lowest BCUT2D eigenvalue weighted by Crippen LogP contribution is -2.38. The van der Waals surface area contributed by atoms with Crippen molar-refractivity contribution in [3.05, 3.63) is 45.1 Å². The van der Waals surface area contributed by atoms with E-state index in [9.17, 15) is 4.79 Å². The van der Waals surface area contributed by atoms with Crippen molar-refractivity contribution in [1.29, 1.82) is 0 Å². The van der Waals surface area contributed by atoms with E-state index in [-0.39, 0.29) is 17.6 Å². The van der Waals surface area contributed by atoms with Crippen LogP contribution in [0, 0.1) is 0 Å². The molecule has 0 bridgehead atoms. The van der Waals surface area contributed by atoms with Gasteiger partial charge >= 0.3 is 0 Å². The van der Waals surface area contributed by atoms with E-state index in [0.717, 1.165) is 30.5 Å². The molecule has 23 heavy (non-hydrogen) atoms. The molecule has 3 heterocycles. The van der Waals surface area contributed by atoms with Crippen molar-refractivity contribution in [3.8, 4) is 0 Å². The molecule has 0 spiro atoms. The summed E-state index contributed by atoms with van der Waals surface area (Å²) >= 11 is 5.79. The van der Waals surface area contributed by atoms with Crippen LogP contribution in [-0.4, -0.2) is 39.0 Å². The number of hydrogen-bond acceptors (Lipinski definition) is 6. The second-order valence-corrected chi connectivity index (χ2v) is 6.27. The van der Waals surface area contributed by atoms with E-state index in [0.29, 0.717) is 24.2 Å². The number of fused-ring (bicyclic) bond motifs is 1. The zero-order valence-electron chi connectivity index (χ0n) is 12.4. The zero-order chi connectivity index (χ0) is 15.8. The average Bonchev–Trinajstić information content (AvgIpc) is 3.17. The largest absolute Gasteiger partial charge is 0.377 e. The summed E-state index contributed by atoms with van der Waals surface area (Å²) in [5, 5.41) is 8.25. The Labute approximate surface area is 137 Å². The molecule has 120 valence electrons. The zero-order valence-corrected chi connectivity index (χ0v) is 13.2. The van der Waals surface area contributed by atoms with Gasteiger partial charge in [-0.15, -0.1) is 0 Å². The van der Waals surface area contributed by atoms with Crippen molar-refractivity contribution in [2.45, 2.75) is 31.3 Å². The number of hydrogen-bond donors (Lipinski definition) is 1. The minimum atomic E-state index is -0.173. The Kier molecular flexibility index (Phi) is 3.74. The van der Waals surface area contributed by atoms with Crippen LogP contribution in [0.4, 0.5) is 5.95 Å². The second kappa shape index (κ2) is 5.90. The van der Waals surface area contributed by atoms with Crippen LogP contribution in [0.1, 0.15) is 23.7 Å². The number of halogens is 1. The molecule has 2 aliphatic rings. The van der Waals surface area contributed by atoms with Crippen molar-refractivity contribution < 1.29 is 4.74 Å². The van der Waals surface area contributed by atoms with Gasteiger partial charge in [0.2, 0.25) is 5.95 Å². The molecule has 2 atom stereocenters. The first-order chi connectivity index (χ1) is 11.2. The topological polar surface area (TPSA) is 81.9 Å². The minimum absolute atomic E-state index is 0.0787. The molecule has 0 radical (unpaired) electrons. The fourth-order valence-electron chi connectivity index (χ4n) is 3.13. The number of aryl methyl sites for hydroxylation is 2. The highest BCUT2D eigenvalue weighted by molar-refractivity contribution is 6.30. The van der Waals surface area contributed by atoms with Crippen molar-refractivity contribution in [2.24, 2.45) is 0 Å². The highest BCUT2D eigenvalue weighted by atomic mass is 35.5. The predicted octanol–water partition coefficient (Wildman–Crippen LogP) is 1.23. The van der Waals surface area contributed by atoms with Crippen molar-refractivity contribution in [3.63, 3.8) is 0 Å². The van der Waals surface area contributed by atoms with Gasteiger partial charge in [0.1, 0.15) is 6.04 Å². The lowest BCUT2D eigenvalue weighted by atomic mass is 10.1. The van der Waals surface area contributed by atoms with Crippen LogP contribution in [0.25, 0.3) is 0 Å². The second-order valence-electron chi connectivity index (χ2n) is 5.83. The fraction of sp³-hybridized carbons (Fsp3) is 0.467. The van der Waals surface area contributed by atoms with Gasteiger partial charge in [-0.2, -0.15) is 5.10 Å². The molecule has 0 amide bonds. The maximum absolute atomic E-state index is 12.4. The number of nitrogens with one attached hydrogen (secondary N) is 1. The summed E-state index contributed by atoms with van der Waals surface area (Å²) in [6.07, 6.45) is 6.00. The summed E-state index contributed by atoms with van der Waals surface area (Å²) < 4.78 is 7.10. The van der Waals surface area contributed by atoms with Gasteiger partial charge in [0.15, 0.2) is 0 Å². The third kappa shape index (κ3) is 2.82. The van der Waals surface area contributed by atoms with Crippen LogP contribution in [0.15, 0.2) is 23.3 Å². The first-order valence-corrected chi connectivity index (χ1v) is 8.02. The van der Waals surface area contributed by atoms with E-state index in [1.165, 1.54) is 12.4 Å². The number of ether oxygens (including phenoxy) is 1. The maximum atomic E-state index is 12.4. The first kappa shape index (κ1) is 14.6. The van der Waals surface area contributed by atoms with E-state index >= 15 is 0 Å². The van der Waals surface area contributed by atoms with Crippen LogP contribution in [0.2, 0.25) is 5.02 Å². The average molecular weight is 334 g/mol. The molecule has 4 rings (SSSR count). The molecule has 0 saturated carbocycles. The van der Waals surface area contributed by atoms with Crippen molar-refractivity contribution >= 4 is 17.5 Å². The Morgan fingerprint density at radius 1 is 1.26 bits per heavy atom. The molecule has 2 aromatic rings. The Morgan fingerprint density at radius 3 is 2.91 bits per heavy atom. The third-order valence-corrected chi connectivity index (χ3v) is 4.48. The molecule has 1 aliphatic carbocycles. The van der Waals surface area contributed by atoms with Gasteiger partial charge in [-0.25, -0.2) is 14.6 Å². The van der Waals surface area contributed by atoms with Gasteiger partial charge in [-0.3, -0.25) is 4.79 Å². The molecule has 8 heteroatoms. The third-order valence-electron chi connectivity index (χ3n) is 4.28. The molecule has 1 fully saturated rings. The van der Waals surface area contributed by atoms with Gasteiger partial charge in [0, 0.05) is 6.07 Å². The van der Waals surface area contributed by atoms with Crippen LogP contribution in [-0.2, 0) is 17.6 Å². The SMILES string of the molecule is O=c1cc2c(nn1C1COCC1Nc1ncc(Cl)cn1)CCC2. The Balaban J connectivity index is 1.60. The van der Waals surface area contributed by atoms with Crippen LogP contribution in [0.3, 0.4) is 0 Å². The van der Waals surface area contributed by atoms with E-state index in [4.69, 9.17) is 16.3 Å². The number of rotatable bonds is 3. The Bertz CT molecular complexity index is 776. The van der Waals surface area contributed by atoms with Crippen LogP contribution in [0.5, 0.6) is 0 Å². The summed E-state index contributed by atoms with van der Waals surface area (Å²) in [5.74, 6) is 0.462. The molecule has 1 N–H and O–H groups in total. The Morgan fingerprint density at radius 2 is 2.09 bits per heavy atom. The molecule has 1 saturated heterocycles. The van der Waals surface area contributed by atoms with Crippen LogP contribution >= 0.6 is 11.6 Å². The maximum Gasteiger partial charge on any atom is 0.267 e. The minimum Gasteiger partial charge on any atom is -0.377 e. The lowest BCUT2D eigenvalue weighted by Gasteiger charge is -2.20. The summed E-state index contributed by atoms with van der Waals surface area (Å²) in [6, 6.07) is 1.43. The molecule has 1 aliphatic heterocycles. The Hall–Kier alpha value is -1.99. The van der Waals surface area contributed by atoms with Gasteiger partial charge in [0.25, 0.3) is 5.56 Å². The molecule has 2 aromatic heterocycles. The number of nitrogens with zero attached hydrogens (tertiary/aromatic N) is 4. The summed E-state index contributed by atoms with van der Waals surface area (Å²) in [5.41, 5.74) is 2.03. The summed E-state index contributed by atoms with van der Waals surface area (Å²) in [6.45, 7) is 0.915. The highest BCUT2D eigenvalue weighted by Crippen LogP contribution is 2.23. The predicted molar refractivity (Wildman–Crippen MR) is 84.8 cm³/mol. The molecule has 0 aromatic carbocycles. The molecular formula is C15H16ClN5O2. The lowest BCUT2D eigenvalue weighted by molar-refractivity contribution is 0.182. The van der Waals surface area contributed by atoms with E-state index in [2.05, 4.69) is 20.4 Å². The van der Waals surface area contributed by atoms with E-state index < -0.39 is 0 Å². The monoisotopic (exact) mass is 333 g/mol. The fourth-order valence-corrected chi connectivity index (χ4v) is 3.23. The van der Waals surface area contributed by atoms with Gasteiger partial charge in [0.05, 0.1) is 42.4 Å². The quantitative estimate of drug-likeness (QED) is 0.909. The van der Waals surface area contributed by atoms with E-state index in [1.54, 1.807) is 10.7 Å². The summed E-state index contributed by atoms with van der Waals surface area (Å²) in [7, 11) is 0. The first-order valence-electron chi connectivity index (χ1n) is 7.64. The number of aromatic nitrogens is 4. The summed E-state index contributed by atoms with van der Waals surface area (Å²) in [4.78, 5) is 20.6. The van der Waals surface area contributed by atoms with Crippen molar-refractivity contribution in [2.75, 3.05) is 18.5 Å². The van der Waals surface area contributed by atoms with Gasteiger partial charge in [-0.1, -0.05) is 11.6 Å². The van der Waals surface area contributed by atoms with E-state index in [1.807, 2.05) is 0 Å². The highest BCUT2D eigenvalue weighted by Gasteiger charge is 2.32. The van der Waals surface area contributed by atoms with Crippen LogP contribution < -0.4 is 10.9 Å².